The Morgan fingerprint density at radius 1 is 1.06 bits per heavy atom. The molecule has 0 unspecified atom stereocenters. The van der Waals surface area contributed by atoms with Gasteiger partial charge in [-0.1, -0.05) is 36.4 Å². The van der Waals surface area contributed by atoms with Gasteiger partial charge in [0.2, 0.25) is 5.91 Å². The summed E-state index contributed by atoms with van der Waals surface area (Å²) in [6, 6.07) is 12.7. The van der Waals surface area contributed by atoms with Gasteiger partial charge in [0, 0.05) is 17.4 Å². The zero-order valence-corrected chi connectivity index (χ0v) is 17.9. The van der Waals surface area contributed by atoms with E-state index in [2.05, 4.69) is 0 Å². The third-order valence-corrected chi connectivity index (χ3v) is 7.24. The van der Waals surface area contributed by atoms with E-state index in [4.69, 9.17) is 9.47 Å². The number of nitrogens with zero attached hydrogens (tertiary/aromatic N) is 1. The maximum atomic E-state index is 13.0. The molecule has 2 aliphatic heterocycles. The minimum Gasteiger partial charge on any atom is -0.492 e. The molecule has 1 saturated carbocycles. The third kappa shape index (κ3) is 3.96. The largest absolute Gasteiger partial charge is 0.492 e. The van der Waals surface area contributed by atoms with Gasteiger partial charge in [-0.3, -0.25) is 4.79 Å². The fourth-order valence-corrected chi connectivity index (χ4v) is 5.36. The summed E-state index contributed by atoms with van der Waals surface area (Å²) >= 11 is 0. The maximum Gasteiger partial charge on any atom is 0.417 e. The average molecular weight is 459 g/mol. The van der Waals surface area contributed by atoms with Crippen LogP contribution in [0.2, 0.25) is 0 Å². The van der Waals surface area contributed by atoms with Crippen LogP contribution >= 0.6 is 0 Å². The average Bonchev–Trinajstić information content (AvgIpc) is 3.36. The topological polar surface area (TPSA) is 55.8 Å². The molecule has 33 heavy (non-hydrogen) atoms. The summed E-state index contributed by atoms with van der Waals surface area (Å²) in [5.74, 6) is 0.168. The van der Waals surface area contributed by atoms with Gasteiger partial charge in [0.05, 0.1) is 12.2 Å². The standard InChI is InChI=1S/C25H24F3NO4/c26-25(27,28)18-6-7-19-21(13-18)33-15-24(19)10-8-16(9-11-24)12-22(30)29-20(14-32-23(29)31)17-4-2-1-3-5-17/h1-7,13,16,20H,8-12,14-15H2/t16?,20-,24?/m0/s1. The Bertz CT molecular complexity index is 1060. The highest BCUT2D eigenvalue weighted by atomic mass is 19.4. The Hall–Kier alpha value is -3.03. The zero-order chi connectivity index (χ0) is 23.2. The number of alkyl halides is 3. The van der Waals surface area contributed by atoms with Crippen molar-refractivity contribution in [2.45, 2.75) is 49.7 Å². The predicted molar refractivity (Wildman–Crippen MR) is 113 cm³/mol. The van der Waals surface area contributed by atoms with Crippen molar-refractivity contribution in [3.63, 3.8) is 0 Å². The van der Waals surface area contributed by atoms with Crippen LogP contribution in [-0.4, -0.2) is 30.1 Å². The third-order valence-electron chi connectivity index (χ3n) is 7.24. The summed E-state index contributed by atoms with van der Waals surface area (Å²) in [7, 11) is 0. The van der Waals surface area contributed by atoms with E-state index in [9.17, 15) is 22.8 Å². The molecule has 0 aromatic heterocycles. The molecule has 1 atom stereocenters. The number of fused-ring (bicyclic) bond motifs is 2. The number of rotatable bonds is 3. The van der Waals surface area contributed by atoms with Gasteiger partial charge in [-0.2, -0.15) is 13.2 Å². The minimum absolute atomic E-state index is 0.103. The van der Waals surface area contributed by atoms with E-state index in [1.165, 1.54) is 4.90 Å². The molecule has 0 radical (unpaired) electrons. The van der Waals surface area contributed by atoms with Gasteiger partial charge in [-0.05, 0) is 49.3 Å². The number of hydrogen-bond acceptors (Lipinski definition) is 4. The monoisotopic (exact) mass is 459 g/mol. The Morgan fingerprint density at radius 2 is 1.79 bits per heavy atom. The van der Waals surface area contributed by atoms with E-state index in [1.54, 1.807) is 6.07 Å². The SMILES string of the molecule is O=C(CC1CCC2(CC1)COc1cc(C(F)(F)F)ccc12)N1C(=O)OC[C@H]1c1ccccc1. The fraction of sp³-hybridized carbons (Fsp3) is 0.440. The Kier molecular flexibility index (Phi) is 5.34. The molecule has 1 aliphatic carbocycles. The van der Waals surface area contributed by atoms with Gasteiger partial charge in [-0.25, -0.2) is 9.69 Å². The highest BCUT2D eigenvalue weighted by molar-refractivity contribution is 5.93. The Labute approximate surface area is 189 Å². The second-order valence-electron chi connectivity index (χ2n) is 9.19. The first-order chi connectivity index (χ1) is 15.8. The Balaban J connectivity index is 1.25. The second-order valence-corrected chi connectivity index (χ2v) is 9.19. The van der Waals surface area contributed by atoms with Crippen LogP contribution in [0.5, 0.6) is 5.75 Å². The second kappa shape index (κ2) is 8.08. The summed E-state index contributed by atoms with van der Waals surface area (Å²) in [6.07, 6.45) is -1.82. The number of halogens is 3. The van der Waals surface area contributed by atoms with Crippen LogP contribution < -0.4 is 4.74 Å². The van der Waals surface area contributed by atoms with Gasteiger partial charge in [-0.15, -0.1) is 0 Å². The minimum atomic E-state index is -4.40. The quantitative estimate of drug-likeness (QED) is 0.597. The van der Waals surface area contributed by atoms with Gasteiger partial charge in [0.15, 0.2) is 0 Å². The van der Waals surface area contributed by atoms with E-state index < -0.39 is 23.9 Å². The van der Waals surface area contributed by atoms with E-state index in [1.807, 2.05) is 30.3 Å². The van der Waals surface area contributed by atoms with Crippen LogP contribution in [0.1, 0.15) is 54.8 Å². The van der Waals surface area contributed by atoms with Crippen molar-refractivity contribution in [2.75, 3.05) is 13.2 Å². The molecule has 8 heteroatoms. The number of ether oxygens (including phenoxy) is 2. The first kappa shape index (κ1) is 21.8. The van der Waals surface area contributed by atoms with Crippen molar-refractivity contribution < 1.29 is 32.2 Å². The molecule has 3 aliphatic rings. The highest BCUT2D eigenvalue weighted by Crippen LogP contribution is 2.50. The highest BCUT2D eigenvalue weighted by Gasteiger charge is 2.46. The van der Waals surface area contributed by atoms with E-state index >= 15 is 0 Å². The van der Waals surface area contributed by atoms with Crippen molar-refractivity contribution in [1.82, 2.24) is 4.90 Å². The Morgan fingerprint density at radius 3 is 2.48 bits per heavy atom. The smallest absolute Gasteiger partial charge is 0.417 e. The molecule has 1 spiro atoms. The van der Waals surface area contributed by atoms with E-state index in [0.717, 1.165) is 48.9 Å². The lowest BCUT2D eigenvalue weighted by molar-refractivity contribution is -0.137. The molecular formula is C25H24F3NO4. The molecule has 2 aromatic rings. The summed E-state index contributed by atoms with van der Waals surface area (Å²) in [5, 5.41) is 0. The van der Waals surface area contributed by atoms with Crippen molar-refractivity contribution in [3.8, 4) is 5.75 Å². The lowest BCUT2D eigenvalue weighted by Crippen LogP contribution is -2.38. The molecule has 2 fully saturated rings. The van der Waals surface area contributed by atoms with Crippen LogP contribution in [0.25, 0.3) is 0 Å². The summed E-state index contributed by atoms with van der Waals surface area (Å²) in [5.41, 5.74) is 0.672. The van der Waals surface area contributed by atoms with Gasteiger partial charge >= 0.3 is 12.3 Å². The first-order valence-corrected chi connectivity index (χ1v) is 11.2. The van der Waals surface area contributed by atoms with Gasteiger partial charge < -0.3 is 9.47 Å². The van der Waals surface area contributed by atoms with Crippen molar-refractivity contribution in [3.05, 3.63) is 65.2 Å². The number of carbonyl (C=O) groups excluding carboxylic acids is 2. The van der Waals surface area contributed by atoms with Crippen LogP contribution in [0, 0.1) is 5.92 Å². The molecule has 1 saturated heterocycles. The predicted octanol–water partition coefficient (Wildman–Crippen LogP) is 5.64. The van der Waals surface area contributed by atoms with Crippen LogP contribution in [0.15, 0.2) is 48.5 Å². The number of hydrogen-bond donors (Lipinski definition) is 0. The summed E-state index contributed by atoms with van der Waals surface area (Å²) in [6.45, 7) is 0.509. The molecule has 5 rings (SSSR count). The summed E-state index contributed by atoms with van der Waals surface area (Å²) < 4.78 is 49.9. The molecular weight excluding hydrogens is 435 g/mol. The number of imide groups is 1. The van der Waals surface area contributed by atoms with Crippen molar-refractivity contribution in [1.29, 1.82) is 0 Å². The van der Waals surface area contributed by atoms with Crippen molar-refractivity contribution in [2.24, 2.45) is 5.92 Å². The van der Waals surface area contributed by atoms with Gasteiger partial charge in [0.1, 0.15) is 18.4 Å². The molecule has 174 valence electrons. The fourth-order valence-electron chi connectivity index (χ4n) is 5.36. The lowest BCUT2D eigenvalue weighted by atomic mass is 9.67. The van der Waals surface area contributed by atoms with E-state index in [0.29, 0.717) is 12.4 Å². The number of cyclic esters (lactones) is 1. The molecule has 5 nitrogen and oxygen atoms in total. The van der Waals surface area contributed by atoms with E-state index in [-0.39, 0.29) is 30.3 Å². The van der Waals surface area contributed by atoms with Gasteiger partial charge in [0.25, 0.3) is 0 Å². The molecule has 0 bridgehead atoms. The van der Waals surface area contributed by atoms with Crippen LogP contribution in [-0.2, 0) is 21.1 Å². The molecule has 2 amide bonds. The molecule has 2 heterocycles. The van der Waals surface area contributed by atoms with Crippen molar-refractivity contribution >= 4 is 12.0 Å². The maximum absolute atomic E-state index is 13.0. The number of carbonyl (C=O) groups is 2. The summed E-state index contributed by atoms with van der Waals surface area (Å²) in [4.78, 5) is 26.5. The first-order valence-electron chi connectivity index (χ1n) is 11.2. The molecule has 0 N–H and O–H groups in total. The van der Waals surface area contributed by atoms with Crippen LogP contribution in [0.3, 0.4) is 0 Å². The normalized spacial score (nSPS) is 26.8. The lowest BCUT2D eigenvalue weighted by Gasteiger charge is -2.36. The number of benzene rings is 2. The van der Waals surface area contributed by atoms with Crippen LogP contribution in [0.4, 0.5) is 18.0 Å². The number of amides is 2. The molecule has 2 aromatic carbocycles. The zero-order valence-electron chi connectivity index (χ0n) is 17.9.